The Morgan fingerprint density at radius 1 is 1.08 bits per heavy atom. The highest BCUT2D eigenvalue weighted by molar-refractivity contribution is 5.81. The van der Waals surface area contributed by atoms with E-state index < -0.39 is 5.76 Å². The zero-order chi connectivity index (χ0) is 17.8. The fraction of sp³-hybridized carbons (Fsp3) is 0.143. The van der Waals surface area contributed by atoms with Crippen molar-refractivity contribution in [1.82, 2.24) is 10.2 Å². The van der Waals surface area contributed by atoms with Gasteiger partial charge in [0.1, 0.15) is 0 Å². The Morgan fingerprint density at radius 2 is 1.80 bits per heavy atom. The minimum absolute atomic E-state index is 0.297. The lowest BCUT2D eigenvalue weighted by Crippen LogP contribution is -1.93. The van der Waals surface area contributed by atoms with E-state index in [4.69, 9.17) is 4.42 Å². The molecule has 0 aliphatic heterocycles. The Labute approximate surface area is 146 Å². The van der Waals surface area contributed by atoms with Crippen LogP contribution in [0.4, 0.5) is 0 Å². The van der Waals surface area contributed by atoms with E-state index in [2.05, 4.69) is 55.3 Å². The molecule has 0 unspecified atom stereocenters. The molecule has 1 aromatic heterocycles. The van der Waals surface area contributed by atoms with E-state index in [9.17, 15) is 4.79 Å². The molecule has 3 rings (SSSR count). The number of nitrogens with one attached hydrogen (secondary N) is 1. The maximum atomic E-state index is 11.1. The van der Waals surface area contributed by atoms with Crippen LogP contribution in [0.1, 0.15) is 30.5 Å². The molecule has 0 bridgehead atoms. The van der Waals surface area contributed by atoms with Gasteiger partial charge in [-0.15, -0.1) is 5.10 Å². The van der Waals surface area contributed by atoms with E-state index >= 15 is 0 Å². The number of H-pyrrole nitrogens is 1. The van der Waals surface area contributed by atoms with Crippen molar-refractivity contribution in [1.29, 1.82) is 0 Å². The molecule has 0 saturated carbocycles. The number of benzene rings is 2. The van der Waals surface area contributed by atoms with E-state index in [1.165, 1.54) is 22.3 Å². The predicted molar refractivity (Wildman–Crippen MR) is 101 cm³/mol. The van der Waals surface area contributed by atoms with Crippen LogP contribution < -0.4 is 5.76 Å². The van der Waals surface area contributed by atoms with Crippen LogP contribution in [0.15, 0.2) is 69.4 Å². The van der Waals surface area contributed by atoms with Crippen LogP contribution in [0.5, 0.6) is 0 Å². The first-order valence-electron chi connectivity index (χ1n) is 8.12. The van der Waals surface area contributed by atoms with Gasteiger partial charge < -0.3 is 4.42 Å². The maximum absolute atomic E-state index is 11.1. The SMILES string of the molecule is CC(C)=C(/C=C\c1ccccc1C)c1ccc(-c2n[nH]c(=O)o2)cc1. The van der Waals surface area contributed by atoms with Gasteiger partial charge in [-0.25, -0.2) is 9.89 Å². The summed E-state index contributed by atoms with van der Waals surface area (Å²) in [5.74, 6) is -0.254. The molecule has 0 aliphatic carbocycles. The molecule has 0 atom stereocenters. The van der Waals surface area contributed by atoms with Crippen molar-refractivity contribution < 1.29 is 4.42 Å². The Hall–Kier alpha value is -3.14. The molecule has 0 spiro atoms. The number of hydrogen-bond acceptors (Lipinski definition) is 3. The second-order valence-electron chi connectivity index (χ2n) is 6.10. The third-order valence-electron chi connectivity index (χ3n) is 4.04. The van der Waals surface area contributed by atoms with Crippen LogP contribution >= 0.6 is 0 Å². The summed E-state index contributed by atoms with van der Waals surface area (Å²) in [7, 11) is 0. The van der Waals surface area contributed by atoms with E-state index in [0.29, 0.717) is 5.89 Å². The fourth-order valence-corrected chi connectivity index (χ4v) is 2.64. The average molecular weight is 332 g/mol. The van der Waals surface area contributed by atoms with Crippen LogP contribution in [0.25, 0.3) is 23.1 Å². The second-order valence-corrected chi connectivity index (χ2v) is 6.10. The number of hydrogen-bond donors (Lipinski definition) is 1. The number of allylic oxidation sites excluding steroid dienone is 3. The van der Waals surface area contributed by atoms with Crippen molar-refractivity contribution in [3.63, 3.8) is 0 Å². The Bertz CT molecular complexity index is 985. The molecule has 0 saturated heterocycles. The van der Waals surface area contributed by atoms with Crippen LogP contribution in [-0.4, -0.2) is 10.2 Å². The summed E-state index contributed by atoms with van der Waals surface area (Å²) in [6.07, 6.45) is 4.28. The number of nitrogens with zero attached hydrogens (tertiary/aromatic N) is 1. The van der Waals surface area contributed by atoms with E-state index in [-0.39, 0.29) is 0 Å². The lowest BCUT2D eigenvalue weighted by molar-refractivity contribution is 0.527. The number of aromatic nitrogens is 2. The summed E-state index contributed by atoms with van der Waals surface area (Å²) in [5, 5.41) is 6.12. The second kappa shape index (κ2) is 7.18. The van der Waals surface area contributed by atoms with Crippen LogP contribution in [0.3, 0.4) is 0 Å². The molecule has 2 aromatic carbocycles. The first-order chi connectivity index (χ1) is 12.0. The topological polar surface area (TPSA) is 58.9 Å². The van der Waals surface area contributed by atoms with Crippen LogP contribution in [0, 0.1) is 6.92 Å². The summed E-state index contributed by atoms with van der Waals surface area (Å²) in [5.41, 5.74) is 6.71. The predicted octanol–water partition coefficient (Wildman–Crippen LogP) is 4.85. The molecule has 1 heterocycles. The third kappa shape index (κ3) is 3.86. The minimum atomic E-state index is -0.551. The van der Waals surface area contributed by atoms with Crippen molar-refractivity contribution in [3.05, 3.63) is 87.4 Å². The van der Waals surface area contributed by atoms with E-state index in [1.54, 1.807) is 0 Å². The number of aryl methyl sites for hydroxylation is 1. The van der Waals surface area contributed by atoms with Gasteiger partial charge in [0.15, 0.2) is 0 Å². The summed E-state index contributed by atoms with van der Waals surface area (Å²) < 4.78 is 4.99. The molecule has 0 fully saturated rings. The molecule has 0 aliphatic rings. The highest BCUT2D eigenvalue weighted by atomic mass is 16.4. The zero-order valence-corrected chi connectivity index (χ0v) is 14.5. The van der Waals surface area contributed by atoms with Gasteiger partial charge in [-0.1, -0.05) is 54.1 Å². The van der Waals surface area contributed by atoms with Gasteiger partial charge in [-0.2, -0.15) is 0 Å². The Kier molecular flexibility index (Phi) is 4.80. The molecular formula is C21H20N2O2. The maximum Gasteiger partial charge on any atom is 0.434 e. The molecule has 126 valence electrons. The molecule has 4 nitrogen and oxygen atoms in total. The van der Waals surface area contributed by atoms with Crippen molar-refractivity contribution >= 4 is 11.6 Å². The quantitative estimate of drug-likeness (QED) is 0.695. The van der Waals surface area contributed by atoms with Crippen LogP contribution in [0.2, 0.25) is 0 Å². The normalized spacial score (nSPS) is 11.0. The van der Waals surface area contributed by atoms with Gasteiger partial charge in [0.2, 0.25) is 5.89 Å². The molecule has 0 radical (unpaired) electrons. The van der Waals surface area contributed by atoms with Gasteiger partial charge in [-0.05, 0) is 55.2 Å². The monoisotopic (exact) mass is 332 g/mol. The van der Waals surface area contributed by atoms with Gasteiger partial charge in [0, 0.05) is 5.56 Å². The van der Waals surface area contributed by atoms with Gasteiger partial charge in [0.25, 0.3) is 0 Å². The van der Waals surface area contributed by atoms with Crippen molar-refractivity contribution in [2.45, 2.75) is 20.8 Å². The third-order valence-corrected chi connectivity index (χ3v) is 4.04. The highest BCUT2D eigenvalue weighted by Crippen LogP contribution is 2.25. The number of rotatable bonds is 4. The smallest absolute Gasteiger partial charge is 0.388 e. The largest absolute Gasteiger partial charge is 0.434 e. The van der Waals surface area contributed by atoms with Crippen LogP contribution in [-0.2, 0) is 0 Å². The molecule has 1 N–H and O–H groups in total. The van der Waals surface area contributed by atoms with Gasteiger partial charge in [-0.3, -0.25) is 0 Å². The highest BCUT2D eigenvalue weighted by Gasteiger charge is 2.06. The Balaban J connectivity index is 1.90. The first kappa shape index (κ1) is 16.7. The van der Waals surface area contributed by atoms with Gasteiger partial charge >= 0.3 is 5.76 Å². The standard InChI is InChI=1S/C21H20N2O2/c1-14(2)19(13-12-16-7-5-4-6-15(16)3)17-8-10-18(11-9-17)20-22-23-21(24)25-20/h4-13H,1-3H3,(H,23,24)/b13-12-. The Morgan fingerprint density at radius 3 is 2.40 bits per heavy atom. The summed E-state index contributed by atoms with van der Waals surface area (Å²) in [4.78, 5) is 11.1. The minimum Gasteiger partial charge on any atom is -0.388 e. The van der Waals surface area contributed by atoms with E-state index in [1.807, 2.05) is 36.4 Å². The van der Waals surface area contributed by atoms with Crippen molar-refractivity contribution in [2.75, 3.05) is 0 Å². The lowest BCUT2D eigenvalue weighted by atomic mass is 9.98. The fourth-order valence-electron chi connectivity index (χ4n) is 2.64. The molecule has 25 heavy (non-hydrogen) atoms. The number of aromatic amines is 1. The van der Waals surface area contributed by atoms with Crippen molar-refractivity contribution in [2.24, 2.45) is 0 Å². The summed E-state index contributed by atoms with van der Waals surface area (Å²) in [6, 6.07) is 16.1. The van der Waals surface area contributed by atoms with E-state index in [0.717, 1.165) is 11.1 Å². The van der Waals surface area contributed by atoms with Crippen molar-refractivity contribution in [3.8, 4) is 11.5 Å². The zero-order valence-electron chi connectivity index (χ0n) is 14.5. The molecular weight excluding hydrogens is 312 g/mol. The molecule has 3 aromatic rings. The average Bonchev–Trinajstić information content (AvgIpc) is 3.03. The lowest BCUT2D eigenvalue weighted by Gasteiger charge is -2.07. The molecule has 0 amide bonds. The summed E-state index contributed by atoms with van der Waals surface area (Å²) in [6.45, 7) is 6.30. The van der Waals surface area contributed by atoms with Gasteiger partial charge in [0.05, 0.1) is 0 Å². The summed E-state index contributed by atoms with van der Waals surface area (Å²) >= 11 is 0. The first-order valence-corrected chi connectivity index (χ1v) is 8.12. The molecule has 4 heteroatoms.